The number of hydrogen-bond acceptors (Lipinski definition) is 5. The van der Waals surface area contributed by atoms with Gasteiger partial charge < -0.3 is 19.4 Å². The summed E-state index contributed by atoms with van der Waals surface area (Å²) in [5, 5.41) is 3.00. The zero-order valence-corrected chi connectivity index (χ0v) is 16.2. The monoisotopic (exact) mass is 370 g/mol. The van der Waals surface area contributed by atoms with E-state index in [0.717, 1.165) is 29.8 Å². The third-order valence-electron chi connectivity index (χ3n) is 4.82. The van der Waals surface area contributed by atoms with Crippen LogP contribution in [0.5, 0.6) is 0 Å². The molecule has 0 radical (unpaired) electrons. The minimum absolute atomic E-state index is 0.149. The number of carbonyl (C=O) groups is 2. The van der Waals surface area contributed by atoms with Crippen molar-refractivity contribution in [2.75, 3.05) is 11.4 Å². The van der Waals surface area contributed by atoms with Gasteiger partial charge in [-0.15, -0.1) is 0 Å². The predicted octanol–water partition coefficient (Wildman–Crippen LogP) is 4.55. The Bertz CT molecular complexity index is 827. The van der Waals surface area contributed by atoms with E-state index in [1.54, 1.807) is 12.1 Å². The molecule has 0 spiro atoms. The largest absolute Gasteiger partial charge is 0.453 e. The average molecular weight is 370 g/mol. The number of nitrogens with one attached hydrogen (secondary N) is 1. The van der Waals surface area contributed by atoms with Gasteiger partial charge >= 0.3 is 6.09 Å². The van der Waals surface area contributed by atoms with E-state index in [9.17, 15) is 9.59 Å². The van der Waals surface area contributed by atoms with Crippen LogP contribution in [0.2, 0.25) is 0 Å². The van der Waals surface area contributed by atoms with Crippen LogP contribution < -0.4 is 10.2 Å². The summed E-state index contributed by atoms with van der Waals surface area (Å²) in [7, 11) is 0. The number of carbonyl (C=O) groups excluding carboxylic acids is 2. The number of rotatable bonds is 5. The van der Waals surface area contributed by atoms with Gasteiger partial charge in [0.1, 0.15) is 5.76 Å². The van der Waals surface area contributed by atoms with Crippen LogP contribution in [0.25, 0.3) is 11.3 Å². The van der Waals surface area contributed by atoms with Gasteiger partial charge in [-0.05, 0) is 70.0 Å². The smallest absolute Gasteiger partial charge is 0.407 e. The van der Waals surface area contributed by atoms with Crippen LogP contribution in [0.3, 0.4) is 0 Å². The van der Waals surface area contributed by atoms with Crippen LogP contribution in [-0.4, -0.2) is 31.1 Å². The van der Waals surface area contributed by atoms with Gasteiger partial charge in [0.2, 0.25) is 0 Å². The van der Waals surface area contributed by atoms with Crippen LogP contribution in [-0.2, 0) is 4.74 Å². The van der Waals surface area contributed by atoms with Crippen molar-refractivity contribution in [1.82, 2.24) is 5.32 Å². The molecule has 0 saturated heterocycles. The summed E-state index contributed by atoms with van der Waals surface area (Å²) in [5.74, 6) is 0.923. The van der Waals surface area contributed by atoms with Crippen molar-refractivity contribution in [3.05, 3.63) is 41.7 Å². The fourth-order valence-corrected chi connectivity index (χ4v) is 3.66. The number of amides is 1. The SMILES string of the molecule is CCN1c2ccc(-c3ccc(C=O)o3)cc2C(NC(=O)OC(C)C)CC1C. The maximum absolute atomic E-state index is 12.2. The molecule has 3 rings (SSSR count). The Labute approximate surface area is 159 Å². The van der Waals surface area contributed by atoms with Crippen LogP contribution in [0.15, 0.2) is 34.7 Å². The average Bonchev–Trinajstić information content (AvgIpc) is 3.10. The van der Waals surface area contributed by atoms with Crippen molar-refractivity contribution in [3.8, 4) is 11.3 Å². The molecule has 6 heteroatoms. The van der Waals surface area contributed by atoms with E-state index in [4.69, 9.17) is 9.15 Å². The first-order valence-electron chi connectivity index (χ1n) is 9.36. The summed E-state index contributed by atoms with van der Waals surface area (Å²) >= 11 is 0. The molecule has 144 valence electrons. The van der Waals surface area contributed by atoms with Crippen molar-refractivity contribution < 1.29 is 18.7 Å². The molecule has 27 heavy (non-hydrogen) atoms. The summed E-state index contributed by atoms with van der Waals surface area (Å²) < 4.78 is 10.8. The molecule has 0 saturated carbocycles. The maximum Gasteiger partial charge on any atom is 0.407 e. The molecule has 2 atom stereocenters. The van der Waals surface area contributed by atoms with Gasteiger partial charge in [0.25, 0.3) is 0 Å². The van der Waals surface area contributed by atoms with E-state index >= 15 is 0 Å². The Hall–Kier alpha value is -2.76. The molecule has 1 aromatic heterocycles. The highest BCUT2D eigenvalue weighted by molar-refractivity contribution is 5.75. The zero-order chi connectivity index (χ0) is 19.6. The molecule has 1 aromatic carbocycles. The van der Waals surface area contributed by atoms with E-state index in [0.29, 0.717) is 23.8 Å². The molecule has 0 aliphatic carbocycles. The summed E-state index contributed by atoms with van der Waals surface area (Å²) in [6.45, 7) is 8.82. The fraction of sp³-hybridized carbons (Fsp3) is 0.429. The molecule has 1 aliphatic rings. The van der Waals surface area contributed by atoms with Crippen molar-refractivity contribution in [2.24, 2.45) is 0 Å². The van der Waals surface area contributed by atoms with Gasteiger partial charge in [0, 0.05) is 23.8 Å². The quantitative estimate of drug-likeness (QED) is 0.782. The van der Waals surface area contributed by atoms with E-state index in [1.807, 2.05) is 26.0 Å². The van der Waals surface area contributed by atoms with Crippen molar-refractivity contribution in [1.29, 1.82) is 0 Å². The Balaban J connectivity index is 1.97. The number of ether oxygens (including phenoxy) is 1. The summed E-state index contributed by atoms with van der Waals surface area (Å²) in [4.78, 5) is 25.4. The Morgan fingerprint density at radius 3 is 2.78 bits per heavy atom. The molecule has 2 unspecified atom stereocenters. The predicted molar refractivity (Wildman–Crippen MR) is 104 cm³/mol. The molecule has 1 N–H and O–H groups in total. The second kappa shape index (κ2) is 7.86. The number of benzene rings is 1. The van der Waals surface area contributed by atoms with E-state index in [2.05, 4.69) is 30.1 Å². The highest BCUT2D eigenvalue weighted by Gasteiger charge is 2.31. The minimum atomic E-state index is -0.412. The molecule has 1 aliphatic heterocycles. The van der Waals surface area contributed by atoms with Crippen molar-refractivity contribution >= 4 is 18.1 Å². The highest BCUT2D eigenvalue weighted by Crippen LogP contribution is 2.39. The maximum atomic E-state index is 12.2. The van der Waals surface area contributed by atoms with Crippen molar-refractivity contribution in [3.63, 3.8) is 0 Å². The molecule has 0 bridgehead atoms. The standard InChI is InChI=1S/C21H26N2O4/c1-5-23-14(4)10-18(22-21(25)26-13(2)3)17-11-15(6-8-19(17)23)20-9-7-16(12-24)27-20/h6-9,11-14,18H,5,10H2,1-4H3,(H,22,25). The lowest BCUT2D eigenvalue weighted by atomic mass is 9.90. The van der Waals surface area contributed by atoms with Gasteiger partial charge in [0.05, 0.1) is 12.1 Å². The van der Waals surface area contributed by atoms with Crippen molar-refractivity contribution in [2.45, 2.75) is 52.3 Å². The third-order valence-corrected chi connectivity index (χ3v) is 4.82. The van der Waals surface area contributed by atoms with E-state index < -0.39 is 6.09 Å². The van der Waals surface area contributed by atoms with Crippen LogP contribution in [0, 0.1) is 0 Å². The van der Waals surface area contributed by atoms with Gasteiger partial charge in [-0.1, -0.05) is 0 Å². The summed E-state index contributed by atoms with van der Waals surface area (Å²) in [5.41, 5.74) is 2.99. The van der Waals surface area contributed by atoms with E-state index in [1.165, 1.54) is 0 Å². The Morgan fingerprint density at radius 2 is 2.15 bits per heavy atom. The Kier molecular flexibility index (Phi) is 5.54. The zero-order valence-electron chi connectivity index (χ0n) is 16.2. The Morgan fingerprint density at radius 1 is 1.37 bits per heavy atom. The molecule has 1 amide bonds. The number of hydrogen-bond donors (Lipinski definition) is 1. The molecule has 2 aromatic rings. The van der Waals surface area contributed by atoms with Crippen LogP contribution in [0.1, 0.15) is 56.3 Å². The van der Waals surface area contributed by atoms with E-state index in [-0.39, 0.29) is 12.1 Å². The third kappa shape index (κ3) is 3.99. The molecule has 6 nitrogen and oxygen atoms in total. The van der Waals surface area contributed by atoms with Gasteiger partial charge in [-0.2, -0.15) is 0 Å². The number of fused-ring (bicyclic) bond motifs is 1. The van der Waals surface area contributed by atoms with Gasteiger partial charge in [-0.25, -0.2) is 4.79 Å². The topological polar surface area (TPSA) is 71.8 Å². The second-order valence-corrected chi connectivity index (χ2v) is 7.12. The van der Waals surface area contributed by atoms with Gasteiger partial charge in [0.15, 0.2) is 12.0 Å². The van der Waals surface area contributed by atoms with Crippen LogP contribution in [0.4, 0.5) is 10.5 Å². The number of furan rings is 1. The first kappa shape index (κ1) is 19.0. The first-order valence-corrected chi connectivity index (χ1v) is 9.36. The normalized spacial score (nSPS) is 18.9. The molecule has 2 heterocycles. The lowest BCUT2D eigenvalue weighted by Crippen LogP contribution is -2.43. The number of nitrogens with zero attached hydrogens (tertiary/aromatic N) is 1. The lowest BCUT2D eigenvalue weighted by Gasteiger charge is -2.40. The second-order valence-electron chi connectivity index (χ2n) is 7.12. The van der Waals surface area contributed by atoms with Crippen LogP contribution >= 0.6 is 0 Å². The highest BCUT2D eigenvalue weighted by atomic mass is 16.6. The molecule has 0 fully saturated rings. The summed E-state index contributed by atoms with van der Waals surface area (Å²) in [6.07, 6.45) is 0.891. The molecular formula is C21H26N2O4. The first-order chi connectivity index (χ1) is 12.9. The lowest BCUT2D eigenvalue weighted by molar-refractivity contribution is 0.109. The minimum Gasteiger partial charge on any atom is -0.453 e. The number of alkyl carbamates (subject to hydrolysis) is 1. The fourth-order valence-electron chi connectivity index (χ4n) is 3.66. The number of aldehydes is 1. The molecular weight excluding hydrogens is 344 g/mol. The number of anilines is 1. The van der Waals surface area contributed by atoms with Gasteiger partial charge in [-0.3, -0.25) is 4.79 Å². The summed E-state index contributed by atoms with van der Waals surface area (Å²) in [6, 6.07) is 9.64.